The van der Waals surface area contributed by atoms with Gasteiger partial charge in [-0.15, -0.1) is 0 Å². The number of rotatable bonds is 55. The Bertz CT molecular complexity index is 1170. The Morgan fingerprint density at radius 2 is 0.603 bits per heavy atom. The lowest BCUT2D eigenvalue weighted by atomic mass is 10.0. The zero-order valence-corrected chi connectivity index (χ0v) is 45.6. The van der Waals surface area contributed by atoms with Gasteiger partial charge in [0, 0.05) is 19.4 Å². The number of esters is 2. The summed E-state index contributed by atoms with van der Waals surface area (Å²) in [6, 6.07) is 0. The van der Waals surface area contributed by atoms with Crippen molar-refractivity contribution in [1.82, 2.24) is 0 Å². The fourth-order valence-electron chi connectivity index (χ4n) is 8.59. The van der Waals surface area contributed by atoms with E-state index in [0.29, 0.717) is 19.4 Å². The van der Waals surface area contributed by atoms with Crippen LogP contribution in [0, 0.1) is 0 Å². The van der Waals surface area contributed by atoms with Crippen LogP contribution in [0.25, 0.3) is 0 Å². The summed E-state index contributed by atoms with van der Waals surface area (Å²) in [5.74, 6) is -0.351. The molecule has 0 aromatic carbocycles. The van der Waals surface area contributed by atoms with Crippen molar-refractivity contribution in [3.05, 3.63) is 60.8 Å². The van der Waals surface area contributed by atoms with Crippen molar-refractivity contribution in [2.75, 3.05) is 19.8 Å². The Kier molecular flexibility index (Phi) is 56.8. The van der Waals surface area contributed by atoms with E-state index in [1.807, 2.05) is 0 Å². The van der Waals surface area contributed by atoms with Crippen molar-refractivity contribution in [3.8, 4) is 0 Å². The summed E-state index contributed by atoms with van der Waals surface area (Å²) >= 11 is 0. The zero-order valence-electron chi connectivity index (χ0n) is 45.6. The SMILES string of the molecule is CC/C=C\C/C=C\C/C=C\C/C=C\CCCCCCC(=O)OC[C@H](COC(=O)CCCCCCCCCCC/C=C\CCCCCCCC)OCCCCCCCCCCCCCCCCCC. The van der Waals surface area contributed by atoms with E-state index in [4.69, 9.17) is 14.2 Å². The normalized spacial score (nSPS) is 12.6. The molecule has 0 spiro atoms. The van der Waals surface area contributed by atoms with Gasteiger partial charge >= 0.3 is 11.9 Å². The van der Waals surface area contributed by atoms with Crippen LogP contribution in [0.3, 0.4) is 0 Å². The number of allylic oxidation sites excluding steroid dienone is 10. The van der Waals surface area contributed by atoms with E-state index in [1.165, 1.54) is 186 Å². The van der Waals surface area contributed by atoms with E-state index in [0.717, 1.165) is 83.5 Å². The first-order valence-corrected chi connectivity index (χ1v) is 29.8. The molecule has 0 aromatic rings. The summed E-state index contributed by atoms with van der Waals surface area (Å²) in [7, 11) is 0. The minimum atomic E-state index is -0.411. The summed E-state index contributed by atoms with van der Waals surface area (Å²) in [5.41, 5.74) is 0. The van der Waals surface area contributed by atoms with E-state index < -0.39 is 6.10 Å². The van der Waals surface area contributed by atoms with Crippen LogP contribution < -0.4 is 0 Å². The fraction of sp³-hybridized carbons (Fsp3) is 0.810. The van der Waals surface area contributed by atoms with Crippen molar-refractivity contribution < 1.29 is 23.8 Å². The minimum absolute atomic E-state index is 0.146. The number of hydrogen-bond acceptors (Lipinski definition) is 5. The van der Waals surface area contributed by atoms with E-state index in [2.05, 4.69) is 81.5 Å². The molecule has 0 saturated heterocycles. The highest BCUT2D eigenvalue weighted by Gasteiger charge is 2.16. The number of ether oxygens (including phenoxy) is 3. The molecule has 0 aromatic heterocycles. The summed E-state index contributed by atoms with van der Waals surface area (Å²) in [6.07, 6.45) is 75.5. The Hall–Kier alpha value is -2.40. The van der Waals surface area contributed by atoms with Crippen molar-refractivity contribution in [1.29, 1.82) is 0 Å². The molecule has 0 rings (SSSR count). The molecule has 1 atom stereocenters. The van der Waals surface area contributed by atoms with Gasteiger partial charge in [0.25, 0.3) is 0 Å². The molecule has 0 saturated carbocycles. The van der Waals surface area contributed by atoms with Gasteiger partial charge in [0.1, 0.15) is 19.3 Å². The maximum atomic E-state index is 12.7. The summed E-state index contributed by atoms with van der Waals surface area (Å²) in [5, 5.41) is 0. The van der Waals surface area contributed by atoms with Gasteiger partial charge in [0.2, 0.25) is 0 Å². The first-order valence-electron chi connectivity index (χ1n) is 29.8. The first-order chi connectivity index (χ1) is 33.6. The predicted octanol–water partition coefficient (Wildman–Crippen LogP) is 20.5. The lowest BCUT2D eigenvalue weighted by molar-refractivity contribution is -0.155. The third-order valence-corrected chi connectivity index (χ3v) is 13.1. The molecule has 0 radical (unpaired) electrons. The molecule has 0 amide bonds. The molecule has 0 aliphatic rings. The van der Waals surface area contributed by atoms with Crippen molar-refractivity contribution in [2.45, 2.75) is 309 Å². The van der Waals surface area contributed by atoms with Gasteiger partial charge in [-0.25, -0.2) is 0 Å². The van der Waals surface area contributed by atoms with Gasteiger partial charge in [-0.3, -0.25) is 9.59 Å². The number of carbonyl (C=O) groups is 2. The Balaban J connectivity index is 4.27. The second-order valence-corrected chi connectivity index (χ2v) is 19.9. The van der Waals surface area contributed by atoms with E-state index in [-0.39, 0.29) is 25.2 Å². The molecule has 0 heterocycles. The molecular weight excluding hydrogens is 837 g/mol. The van der Waals surface area contributed by atoms with Gasteiger partial charge < -0.3 is 14.2 Å². The Morgan fingerprint density at radius 1 is 0.324 bits per heavy atom. The highest BCUT2D eigenvalue weighted by atomic mass is 16.6. The molecule has 396 valence electrons. The van der Waals surface area contributed by atoms with Crippen molar-refractivity contribution in [2.24, 2.45) is 0 Å². The topological polar surface area (TPSA) is 61.8 Å². The second-order valence-electron chi connectivity index (χ2n) is 19.9. The van der Waals surface area contributed by atoms with Gasteiger partial charge in [-0.2, -0.15) is 0 Å². The average molecular weight is 952 g/mol. The quantitative estimate of drug-likeness (QED) is 0.0345. The standard InChI is InChI=1S/C63H114O5/c1-4-7-10-13-16-19-22-25-28-31-32-34-36-39-42-45-48-51-54-57-63(65)68-60-61(66-58-55-52-49-46-43-40-37-30-27-24-21-18-15-12-9-6-3)59-67-62(64)56-53-50-47-44-41-38-35-33-29-26-23-20-17-14-11-8-5-2/h8,11,17,20,25-26,28-29,35,38,61H,4-7,9-10,12-16,18-19,21-24,27,30-34,36-37,39-60H2,1-3H3/b11-8-,20-17-,28-25-,29-26-,38-35-/t61-/m1/s1. The van der Waals surface area contributed by atoms with E-state index in [9.17, 15) is 9.59 Å². The lowest BCUT2D eigenvalue weighted by Gasteiger charge is -2.18. The molecular formula is C63H114O5. The van der Waals surface area contributed by atoms with Gasteiger partial charge in [0.15, 0.2) is 0 Å². The minimum Gasteiger partial charge on any atom is -0.463 e. The fourth-order valence-corrected chi connectivity index (χ4v) is 8.59. The molecule has 5 nitrogen and oxygen atoms in total. The van der Waals surface area contributed by atoms with Crippen LogP contribution in [0.4, 0.5) is 0 Å². The van der Waals surface area contributed by atoms with Gasteiger partial charge in [0.05, 0.1) is 0 Å². The summed E-state index contributed by atoms with van der Waals surface area (Å²) in [6.45, 7) is 7.63. The zero-order chi connectivity index (χ0) is 49.2. The van der Waals surface area contributed by atoms with E-state index in [1.54, 1.807) is 0 Å². The molecule has 68 heavy (non-hydrogen) atoms. The third kappa shape index (κ3) is 56.2. The number of carbonyl (C=O) groups excluding carboxylic acids is 2. The summed E-state index contributed by atoms with van der Waals surface area (Å²) in [4.78, 5) is 25.3. The van der Waals surface area contributed by atoms with Gasteiger partial charge in [-0.1, -0.05) is 268 Å². The molecule has 0 aliphatic heterocycles. The van der Waals surface area contributed by atoms with E-state index >= 15 is 0 Å². The highest BCUT2D eigenvalue weighted by Crippen LogP contribution is 2.16. The van der Waals surface area contributed by atoms with Crippen LogP contribution in [-0.4, -0.2) is 37.9 Å². The molecule has 0 bridgehead atoms. The maximum Gasteiger partial charge on any atom is 0.305 e. The molecule has 0 aliphatic carbocycles. The van der Waals surface area contributed by atoms with Gasteiger partial charge in [-0.05, 0) is 83.5 Å². The average Bonchev–Trinajstić information content (AvgIpc) is 3.34. The largest absolute Gasteiger partial charge is 0.463 e. The summed E-state index contributed by atoms with van der Waals surface area (Å²) < 4.78 is 17.5. The van der Waals surface area contributed by atoms with Crippen molar-refractivity contribution in [3.63, 3.8) is 0 Å². The van der Waals surface area contributed by atoms with Crippen LogP contribution in [0.1, 0.15) is 303 Å². The monoisotopic (exact) mass is 951 g/mol. The molecule has 5 heteroatoms. The third-order valence-electron chi connectivity index (χ3n) is 13.1. The lowest BCUT2D eigenvalue weighted by Crippen LogP contribution is -2.29. The number of hydrogen-bond donors (Lipinski definition) is 0. The van der Waals surface area contributed by atoms with Crippen LogP contribution in [0.15, 0.2) is 60.8 Å². The van der Waals surface area contributed by atoms with Crippen molar-refractivity contribution >= 4 is 11.9 Å². The van der Waals surface area contributed by atoms with Crippen LogP contribution in [-0.2, 0) is 23.8 Å². The first kappa shape index (κ1) is 65.6. The predicted molar refractivity (Wildman–Crippen MR) is 298 cm³/mol. The second kappa shape index (κ2) is 58.9. The molecule has 0 unspecified atom stereocenters. The molecule has 0 fully saturated rings. The maximum absolute atomic E-state index is 12.7. The Morgan fingerprint density at radius 3 is 0.956 bits per heavy atom. The van der Waals surface area contributed by atoms with Crippen LogP contribution in [0.5, 0.6) is 0 Å². The molecule has 0 N–H and O–H groups in total. The Labute approximate surface area is 424 Å². The highest BCUT2D eigenvalue weighted by molar-refractivity contribution is 5.69. The van der Waals surface area contributed by atoms with Crippen LogP contribution in [0.2, 0.25) is 0 Å². The van der Waals surface area contributed by atoms with Crippen LogP contribution >= 0.6 is 0 Å². The smallest absolute Gasteiger partial charge is 0.305 e. The number of unbranched alkanes of at least 4 members (excludes halogenated alkanes) is 34.